The van der Waals surface area contributed by atoms with E-state index in [1.807, 2.05) is 36.0 Å². The highest BCUT2D eigenvalue weighted by atomic mass is 35.5. The molecule has 0 radical (unpaired) electrons. The van der Waals surface area contributed by atoms with Crippen molar-refractivity contribution in [2.45, 2.75) is 29.9 Å². The van der Waals surface area contributed by atoms with Crippen LogP contribution in [0.1, 0.15) is 35.2 Å². The number of carbonyl (C=O) groups is 1. The first kappa shape index (κ1) is 13.8. The van der Waals surface area contributed by atoms with E-state index in [9.17, 15) is 4.79 Å². The largest absolute Gasteiger partial charge is 0.351 e. The minimum atomic E-state index is 0.00212. The maximum atomic E-state index is 12.1. The fourth-order valence-corrected chi connectivity index (χ4v) is 3.24. The molecule has 98 valence electrons. The molecule has 0 aliphatic heterocycles. The van der Waals surface area contributed by atoms with Gasteiger partial charge < -0.3 is 5.32 Å². The summed E-state index contributed by atoms with van der Waals surface area (Å²) in [5.74, 6) is 0.442. The Morgan fingerprint density at radius 3 is 2.83 bits per heavy atom. The molecular formula is C14H18ClNOS. The quantitative estimate of drug-likeness (QED) is 0.839. The van der Waals surface area contributed by atoms with Crippen LogP contribution in [0.5, 0.6) is 0 Å². The first-order chi connectivity index (χ1) is 8.69. The van der Waals surface area contributed by atoms with Crippen LogP contribution in [0, 0.1) is 0 Å². The second kappa shape index (κ2) is 5.98. The molecule has 0 unspecified atom stereocenters. The minimum absolute atomic E-state index is 0.00212. The summed E-state index contributed by atoms with van der Waals surface area (Å²) in [5.41, 5.74) is 1.68. The lowest BCUT2D eigenvalue weighted by molar-refractivity contribution is 0.0944. The van der Waals surface area contributed by atoms with Crippen molar-refractivity contribution in [1.29, 1.82) is 0 Å². The number of hydrogen-bond donors (Lipinski definition) is 1. The first-order valence-electron chi connectivity index (χ1n) is 6.17. The average molecular weight is 284 g/mol. The van der Waals surface area contributed by atoms with Crippen LogP contribution in [0.3, 0.4) is 0 Å². The molecule has 0 bridgehead atoms. The van der Waals surface area contributed by atoms with Gasteiger partial charge in [-0.3, -0.25) is 4.79 Å². The van der Waals surface area contributed by atoms with Crippen LogP contribution in [-0.4, -0.2) is 23.5 Å². The van der Waals surface area contributed by atoms with Crippen molar-refractivity contribution in [2.24, 2.45) is 0 Å². The standard InChI is InChI=1S/C14H18ClNOS/c1-18-14(6-3-7-14)10-16-13(17)12-5-2-4-11(8-12)9-15/h2,4-5,8H,3,6-7,9-10H2,1H3,(H,16,17). The van der Waals surface area contributed by atoms with Crippen LogP contribution in [0.25, 0.3) is 0 Å². The third kappa shape index (κ3) is 3.01. The maximum absolute atomic E-state index is 12.1. The maximum Gasteiger partial charge on any atom is 0.251 e. The Bertz CT molecular complexity index is 426. The molecule has 1 amide bonds. The van der Waals surface area contributed by atoms with E-state index in [1.54, 1.807) is 0 Å². The van der Waals surface area contributed by atoms with Crippen LogP contribution < -0.4 is 5.32 Å². The van der Waals surface area contributed by atoms with Gasteiger partial charge in [0.25, 0.3) is 5.91 Å². The lowest BCUT2D eigenvalue weighted by atomic mass is 9.84. The van der Waals surface area contributed by atoms with Crippen LogP contribution in [-0.2, 0) is 5.88 Å². The van der Waals surface area contributed by atoms with E-state index in [0.29, 0.717) is 11.4 Å². The van der Waals surface area contributed by atoms with Crippen molar-refractivity contribution in [2.75, 3.05) is 12.8 Å². The van der Waals surface area contributed by atoms with E-state index in [1.165, 1.54) is 19.3 Å². The summed E-state index contributed by atoms with van der Waals surface area (Å²) in [5, 5.41) is 3.04. The van der Waals surface area contributed by atoms with Gasteiger partial charge in [0, 0.05) is 22.7 Å². The second-order valence-corrected chi connectivity index (χ2v) is 6.30. The van der Waals surface area contributed by atoms with Gasteiger partial charge in [-0.15, -0.1) is 11.6 Å². The van der Waals surface area contributed by atoms with Gasteiger partial charge in [-0.1, -0.05) is 18.6 Å². The summed E-state index contributed by atoms with van der Waals surface area (Å²) in [6, 6.07) is 7.49. The highest BCUT2D eigenvalue weighted by Crippen LogP contribution is 2.42. The van der Waals surface area contributed by atoms with Gasteiger partial charge >= 0.3 is 0 Å². The number of rotatable bonds is 5. The summed E-state index contributed by atoms with van der Waals surface area (Å²) in [6.45, 7) is 0.762. The molecule has 0 aromatic heterocycles. The molecule has 1 aliphatic carbocycles. The Hall–Kier alpha value is -0.670. The summed E-state index contributed by atoms with van der Waals surface area (Å²) < 4.78 is 0.278. The van der Waals surface area contributed by atoms with Crippen LogP contribution >= 0.6 is 23.4 Å². The predicted molar refractivity (Wildman–Crippen MR) is 78.4 cm³/mol. The molecule has 0 spiro atoms. The summed E-state index contributed by atoms with van der Waals surface area (Å²) in [7, 11) is 0. The van der Waals surface area contributed by atoms with Gasteiger partial charge in [0.15, 0.2) is 0 Å². The topological polar surface area (TPSA) is 29.1 Å². The normalized spacial score (nSPS) is 17.0. The molecule has 1 aliphatic rings. The smallest absolute Gasteiger partial charge is 0.251 e. The minimum Gasteiger partial charge on any atom is -0.351 e. The molecule has 1 aromatic carbocycles. The molecular weight excluding hydrogens is 266 g/mol. The predicted octanol–water partition coefficient (Wildman–Crippen LogP) is 3.44. The zero-order chi connectivity index (χ0) is 13.0. The number of nitrogens with one attached hydrogen (secondary N) is 1. The van der Waals surface area contributed by atoms with Crippen molar-refractivity contribution < 1.29 is 4.79 Å². The molecule has 1 aromatic rings. The van der Waals surface area contributed by atoms with E-state index in [4.69, 9.17) is 11.6 Å². The molecule has 1 fully saturated rings. The summed E-state index contributed by atoms with van der Waals surface area (Å²) in [6.07, 6.45) is 5.81. The van der Waals surface area contributed by atoms with Gasteiger partial charge in [0.05, 0.1) is 0 Å². The Morgan fingerprint density at radius 1 is 1.50 bits per heavy atom. The number of alkyl halides is 1. The number of halogens is 1. The van der Waals surface area contributed by atoms with Crippen LogP contribution in [0.4, 0.5) is 0 Å². The van der Waals surface area contributed by atoms with E-state index in [-0.39, 0.29) is 10.7 Å². The van der Waals surface area contributed by atoms with Gasteiger partial charge in [0.1, 0.15) is 0 Å². The molecule has 1 saturated carbocycles. The van der Waals surface area contributed by atoms with Crippen molar-refractivity contribution >= 4 is 29.3 Å². The molecule has 2 rings (SSSR count). The van der Waals surface area contributed by atoms with Crippen molar-refractivity contribution in [3.63, 3.8) is 0 Å². The van der Waals surface area contributed by atoms with Gasteiger partial charge in [-0.05, 0) is 36.8 Å². The van der Waals surface area contributed by atoms with E-state index in [0.717, 1.165) is 12.1 Å². The fraction of sp³-hybridized carbons (Fsp3) is 0.500. The monoisotopic (exact) mass is 283 g/mol. The average Bonchev–Trinajstić information content (AvgIpc) is 2.38. The fourth-order valence-electron chi connectivity index (χ4n) is 2.16. The second-order valence-electron chi connectivity index (χ2n) is 4.76. The van der Waals surface area contributed by atoms with Gasteiger partial charge in [-0.2, -0.15) is 11.8 Å². The molecule has 18 heavy (non-hydrogen) atoms. The molecule has 0 saturated heterocycles. The van der Waals surface area contributed by atoms with Crippen LogP contribution in [0.15, 0.2) is 24.3 Å². The van der Waals surface area contributed by atoms with Crippen molar-refractivity contribution in [1.82, 2.24) is 5.32 Å². The SMILES string of the molecule is CSC1(CNC(=O)c2cccc(CCl)c2)CCC1. The Kier molecular flexibility index (Phi) is 4.57. The number of benzene rings is 1. The zero-order valence-corrected chi connectivity index (χ0v) is 12.1. The van der Waals surface area contributed by atoms with Gasteiger partial charge in [-0.25, -0.2) is 0 Å². The van der Waals surface area contributed by atoms with E-state index < -0.39 is 0 Å². The Morgan fingerprint density at radius 2 is 2.28 bits per heavy atom. The Balaban J connectivity index is 1.95. The van der Waals surface area contributed by atoms with E-state index in [2.05, 4.69) is 11.6 Å². The zero-order valence-electron chi connectivity index (χ0n) is 10.5. The molecule has 4 heteroatoms. The first-order valence-corrected chi connectivity index (χ1v) is 7.93. The van der Waals surface area contributed by atoms with Crippen molar-refractivity contribution in [3.8, 4) is 0 Å². The molecule has 0 heterocycles. The number of amides is 1. The molecule has 2 nitrogen and oxygen atoms in total. The highest BCUT2D eigenvalue weighted by Gasteiger charge is 2.36. The lowest BCUT2D eigenvalue weighted by Gasteiger charge is -2.40. The summed E-state index contributed by atoms with van der Waals surface area (Å²) >= 11 is 7.64. The third-order valence-corrected chi connectivity index (χ3v) is 5.34. The van der Waals surface area contributed by atoms with Gasteiger partial charge in [0.2, 0.25) is 0 Å². The number of hydrogen-bond acceptors (Lipinski definition) is 2. The lowest BCUT2D eigenvalue weighted by Crippen LogP contribution is -2.45. The van der Waals surface area contributed by atoms with Crippen molar-refractivity contribution in [3.05, 3.63) is 35.4 Å². The summed E-state index contributed by atoms with van der Waals surface area (Å²) in [4.78, 5) is 12.1. The highest BCUT2D eigenvalue weighted by molar-refractivity contribution is 8.00. The third-order valence-electron chi connectivity index (χ3n) is 3.61. The number of thioether (sulfide) groups is 1. The molecule has 1 N–H and O–H groups in total. The van der Waals surface area contributed by atoms with Crippen LogP contribution in [0.2, 0.25) is 0 Å². The Labute approximate surface area is 117 Å². The number of carbonyl (C=O) groups excluding carboxylic acids is 1. The van der Waals surface area contributed by atoms with E-state index >= 15 is 0 Å². The molecule has 0 atom stereocenters.